The van der Waals surface area contributed by atoms with Crippen molar-refractivity contribution in [2.24, 2.45) is 0 Å². The minimum absolute atomic E-state index is 0.0383. The van der Waals surface area contributed by atoms with Crippen molar-refractivity contribution in [1.82, 2.24) is 9.97 Å². The summed E-state index contributed by atoms with van der Waals surface area (Å²) in [6.45, 7) is 2.07. The summed E-state index contributed by atoms with van der Waals surface area (Å²) in [5, 5.41) is 5.16. The fraction of sp³-hybridized carbons (Fsp3) is 0.148. The van der Waals surface area contributed by atoms with Gasteiger partial charge in [-0.05, 0) is 36.2 Å². The van der Waals surface area contributed by atoms with Crippen molar-refractivity contribution in [3.63, 3.8) is 0 Å². The third kappa shape index (κ3) is 3.65. The lowest BCUT2D eigenvalue weighted by molar-refractivity contribution is -0.121. The topological polar surface area (TPSA) is 54.9 Å². The maximum atomic E-state index is 14.0. The average molecular weight is 438 g/mol. The lowest BCUT2D eigenvalue weighted by Crippen LogP contribution is -2.42. The van der Waals surface area contributed by atoms with Crippen LogP contribution < -0.4 is 5.32 Å². The SMILES string of the molecule is CCC(Cc1nc2ccccc2s1)(C(=O)Nc1cccc2cccnc12)c1ccccc1. The Morgan fingerprint density at radius 2 is 1.72 bits per heavy atom. The van der Waals surface area contributed by atoms with E-state index in [9.17, 15) is 4.79 Å². The second-order valence-corrected chi connectivity index (χ2v) is 9.00. The number of nitrogens with zero attached hydrogens (tertiary/aromatic N) is 2. The number of pyridine rings is 1. The number of anilines is 1. The fourth-order valence-electron chi connectivity index (χ4n) is 4.26. The highest BCUT2D eigenvalue weighted by Crippen LogP contribution is 2.36. The van der Waals surface area contributed by atoms with Gasteiger partial charge >= 0.3 is 0 Å². The molecule has 0 fully saturated rings. The van der Waals surface area contributed by atoms with Crippen molar-refractivity contribution in [3.8, 4) is 0 Å². The second kappa shape index (κ2) is 8.52. The van der Waals surface area contributed by atoms with Crippen LogP contribution in [-0.2, 0) is 16.6 Å². The van der Waals surface area contributed by atoms with Crippen LogP contribution in [0.25, 0.3) is 21.1 Å². The molecular weight excluding hydrogens is 414 g/mol. The van der Waals surface area contributed by atoms with Gasteiger partial charge in [0.1, 0.15) is 0 Å². The number of carbonyl (C=O) groups excluding carboxylic acids is 1. The molecule has 1 unspecified atom stereocenters. The molecule has 0 aliphatic heterocycles. The molecule has 0 saturated carbocycles. The molecule has 0 saturated heterocycles. The molecule has 1 atom stereocenters. The first-order valence-electron chi connectivity index (χ1n) is 10.7. The first kappa shape index (κ1) is 20.3. The molecule has 32 heavy (non-hydrogen) atoms. The molecule has 1 N–H and O–H groups in total. The van der Waals surface area contributed by atoms with E-state index >= 15 is 0 Å². The maximum absolute atomic E-state index is 14.0. The van der Waals surface area contributed by atoms with Crippen LogP contribution in [0.5, 0.6) is 0 Å². The van der Waals surface area contributed by atoms with Gasteiger partial charge in [0.25, 0.3) is 0 Å². The number of amides is 1. The Morgan fingerprint density at radius 1 is 0.938 bits per heavy atom. The standard InChI is InChI=1S/C27H23N3OS/c1-2-27(20-12-4-3-5-13-20,18-24-29-21-14-6-7-16-23(21)32-24)26(31)30-22-15-8-10-19-11-9-17-28-25(19)22/h3-17H,2,18H2,1H3,(H,30,31). The quantitative estimate of drug-likeness (QED) is 0.336. The number of fused-ring (bicyclic) bond motifs is 2. The molecule has 0 spiro atoms. The summed E-state index contributed by atoms with van der Waals surface area (Å²) in [4.78, 5) is 23.3. The Bertz CT molecular complexity index is 1360. The molecule has 0 aliphatic rings. The smallest absolute Gasteiger partial charge is 0.235 e. The van der Waals surface area contributed by atoms with Crippen molar-refractivity contribution < 1.29 is 4.79 Å². The third-order valence-electron chi connectivity index (χ3n) is 6.04. The van der Waals surface area contributed by atoms with E-state index in [-0.39, 0.29) is 5.91 Å². The van der Waals surface area contributed by atoms with Gasteiger partial charge in [-0.25, -0.2) is 4.98 Å². The Hall–Kier alpha value is -3.57. The van der Waals surface area contributed by atoms with Gasteiger partial charge in [0.05, 0.1) is 31.8 Å². The zero-order chi connectivity index (χ0) is 22.0. The monoisotopic (exact) mass is 437 g/mol. The van der Waals surface area contributed by atoms with Crippen molar-refractivity contribution in [1.29, 1.82) is 0 Å². The third-order valence-corrected chi connectivity index (χ3v) is 7.07. The summed E-state index contributed by atoms with van der Waals surface area (Å²) in [7, 11) is 0. The predicted molar refractivity (Wildman–Crippen MR) is 132 cm³/mol. The highest BCUT2D eigenvalue weighted by molar-refractivity contribution is 7.18. The molecule has 1 amide bonds. The minimum atomic E-state index is -0.744. The lowest BCUT2D eigenvalue weighted by atomic mass is 9.74. The van der Waals surface area contributed by atoms with Gasteiger partial charge in [-0.15, -0.1) is 11.3 Å². The van der Waals surface area contributed by atoms with Crippen molar-refractivity contribution in [2.75, 3.05) is 5.32 Å². The number of benzene rings is 3. The van der Waals surface area contributed by atoms with E-state index in [0.29, 0.717) is 12.8 Å². The van der Waals surface area contributed by atoms with E-state index in [1.54, 1.807) is 17.5 Å². The molecule has 158 valence electrons. The summed E-state index contributed by atoms with van der Waals surface area (Å²) < 4.78 is 1.14. The van der Waals surface area contributed by atoms with E-state index in [4.69, 9.17) is 4.98 Å². The highest BCUT2D eigenvalue weighted by atomic mass is 32.1. The second-order valence-electron chi connectivity index (χ2n) is 7.89. The minimum Gasteiger partial charge on any atom is -0.323 e. The zero-order valence-corrected chi connectivity index (χ0v) is 18.6. The van der Waals surface area contributed by atoms with Gasteiger partial charge in [-0.2, -0.15) is 0 Å². The van der Waals surface area contributed by atoms with Gasteiger partial charge in [0.15, 0.2) is 0 Å². The van der Waals surface area contributed by atoms with Crippen molar-refractivity contribution in [3.05, 3.63) is 102 Å². The van der Waals surface area contributed by atoms with Gasteiger partial charge < -0.3 is 5.32 Å². The van der Waals surface area contributed by atoms with Crippen LogP contribution in [-0.4, -0.2) is 15.9 Å². The molecule has 0 radical (unpaired) electrons. The van der Waals surface area contributed by atoms with E-state index < -0.39 is 5.41 Å². The first-order valence-corrected chi connectivity index (χ1v) is 11.6. The molecule has 5 heteroatoms. The van der Waals surface area contributed by atoms with Gasteiger partial charge in [-0.1, -0.05) is 67.6 Å². The highest BCUT2D eigenvalue weighted by Gasteiger charge is 2.40. The van der Waals surface area contributed by atoms with Gasteiger partial charge in [0, 0.05) is 18.0 Å². The molecule has 5 rings (SSSR count). The van der Waals surface area contributed by atoms with Crippen molar-refractivity contribution in [2.45, 2.75) is 25.2 Å². The summed E-state index contributed by atoms with van der Waals surface area (Å²) in [5.41, 5.74) is 2.75. The maximum Gasteiger partial charge on any atom is 0.235 e. The van der Waals surface area contributed by atoms with Crippen molar-refractivity contribution >= 4 is 44.1 Å². The number of aromatic nitrogens is 2. The van der Waals surface area contributed by atoms with Crippen LogP contribution in [0.3, 0.4) is 0 Å². The molecular formula is C27H23N3OS. The van der Waals surface area contributed by atoms with Crippen LogP contribution >= 0.6 is 11.3 Å². The molecule has 5 aromatic rings. The Kier molecular flexibility index (Phi) is 5.41. The summed E-state index contributed by atoms with van der Waals surface area (Å²) >= 11 is 1.66. The number of hydrogen-bond donors (Lipinski definition) is 1. The van der Waals surface area contributed by atoms with E-state index in [1.165, 1.54) is 0 Å². The fourth-order valence-corrected chi connectivity index (χ4v) is 5.34. The Balaban J connectivity index is 1.58. The van der Waals surface area contributed by atoms with E-state index in [0.717, 1.165) is 37.4 Å². The first-order chi connectivity index (χ1) is 15.7. The Labute approximate surface area is 191 Å². The summed E-state index contributed by atoms with van der Waals surface area (Å²) in [5.74, 6) is -0.0383. The molecule has 2 aromatic heterocycles. The van der Waals surface area contributed by atoms with E-state index in [2.05, 4.69) is 23.3 Å². The molecule has 2 heterocycles. The van der Waals surface area contributed by atoms with Crippen LogP contribution in [0.2, 0.25) is 0 Å². The number of rotatable bonds is 6. The van der Waals surface area contributed by atoms with Gasteiger partial charge in [0.2, 0.25) is 5.91 Å². The number of carbonyl (C=O) groups is 1. The number of hydrogen-bond acceptors (Lipinski definition) is 4. The van der Waals surface area contributed by atoms with Crippen LogP contribution in [0.1, 0.15) is 23.9 Å². The predicted octanol–water partition coefficient (Wildman–Crippen LogP) is 6.37. The lowest BCUT2D eigenvalue weighted by Gasteiger charge is -2.31. The summed E-state index contributed by atoms with van der Waals surface area (Å²) in [6.07, 6.45) is 2.94. The number of para-hydroxylation sites is 2. The molecule has 3 aromatic carbocycles. The average Bonchev–Trinajstić information content (AvgIpc) is 3.25. The molecule has 0 aliphatic carbocycles. The normalized spacial score (nSPS) is 13.2. The van der Waals surface area contributed by atoms with Crippen LogP contribution in [0.15, 0.2) is 91.1 Å². The molecule has 0 bridgehead atoms. The summed E-state index contributed by atoms with van der Waals surface area (Å²) in [6, 6.07) is 27.9. The number of nitrogens with one attached hydrogen (secondary N) is 1. The van der Waals surface area contributed by atoms with E-state index in [1.807, 2.05) is 78.9 Å². The van der Waals surface area contributed by atoms with Gasteiger partial charge in [-0.3, -0.25) is 9.78 Å². The molecule has 4 nitrogen and oxygen atoms in total. The van der Waals surface area contributed by atoms with Crippen LogP contribution in [0, 0.1) is 0 Å². The van der Waals surface area contributed by atoms with Crippen LogP contribution in [0.4, 0.5) is 5.69 Å². The number of thiazole rings is 1. The largest absolute Gasteiger partial charge is 0.323 e. The Morgan fingerprint density at radius 3 is 2.53 bits per heavy atom. The zero-order valence-electron chi connectivity index (χ0n) is 17.8.